The number of hydrogen-bond donors (Lipinski definition) is 1. The molecule has 0 fully saturated rings. The molecule has 0 saturated heterocycles. The minimum Gasteiger partial charge on any atom is -0.327 e. The Morgan fingerprint density at radius 2 is 1.89 bits per heavy atom. The SMILES string of the molecule is NC/C(=C\F)Cn1ncn(-c2ccc(-c3ccc4nonc4c3)cc2F)c1=O. The van der Waals surface area contributed by atoms with Crippen LogP contribution in [0.4, 0.5) is 8.78 Å². The normalized spacial score (nSPS) is 12.0. The van der Waals surface area contributed by atoms with Crippen LogP contribution in [-0.2, 0) is 6.54 Å². The zero-order valence-electron chi connectivity index (χ0n) is 14.4. The molecule has 0 unspecified atom stereocenters. The Bertz CT molecular complexity index is 1240. The molecule has 0 aliphatic carbocycles. The highest BCUT2D eigenvalue weighted by molar-refractivity contribution is 5.80. The van der Waals surface area contributed by atoms with E-state index in [1.54, 1.807) is 24.3 Å². The maximum Gasteiger partial charge on any atom is 0.350 e. The van der Waals surface area contributed by atoms with E-state index >= 15 is 0 Å². The smallest absolute Gasteiger partial charge is 0.327 e. The molecule has 4 rings (SSSR count). The Morgan fingerprint density at radius 1 is 1.14 bits per heavy atom. The van der Waals surface area contributed by atoms with Crippen LogP contribution in [0, 0.1) is 5.82 Å². The molecule has 0 atom stereocenters. The van der Waals surface area contributed by atoms with E-state index in [9.17, 15) is 13.6 Å². The molecule has 28 heavy (non-hydrogen) atoms. The van der Waals surface area contributed by atoms with Crippen LogP contribution in [-0.4, -0.2) is 31.2 Å². The molecule has 0 aliphatic rings. The van der Waals surface area contributed by atoms with Gasteiger partial charge in [-0.25, -0.2) is 27.5 Å². The van der Waals surface area contributed by atoms with Gasteiger partial charge < -0.3 is 5.73 Å². The highest BCUT2D eigenvalue weighted by atomic mass is 19.1. The van der Waals surface area contributed by atoms with Crippen LogP contribution in [0.3, 0.4) is 0 Å². The van der Waals surface area contributed by atoms with E-state index < -0.39 is 11.5 Å². The van der Waals surface area contributed by atoms with E-state index in [1.165, 1.54) is 18.5 Å². The molecule has 2 aromatic carbocycles. The minimum absolute atomic E-state index is 0.0303. The monoisotopic (exact) mass is 384 g/mol. The predicted octanol–water partition coefficient (Wildman–Crippen LogP) is 2.19. The highest BCUT2D eigenvalue weighted by Crippen LogP contribution is 2.25. The van der Waals surface area contributed by atoms with Crippen LogP contribution in [0.25, 0.3) is 27.8 Å². The first-order valence-electron chi connectivity index (χ1n) is 8.26. The molecular formula is C18H14F2N6O2. The molecule has 0 bridgehead atoms. The van der Waals surface area contributed by atoms with Crippen molar-refractivity contribution in [3.05, 3.63) is 70.9 Å². The van der Waals surface area contributed by atoms with Gasteiger partial charge in [0.15, 0.2) is 0 Å². The van der Waals surface area contributed by atoms with E-state index in [1.807, 2.05) is 0 Å². The molecular weight excluding hydrogens is 370 g/mol. The van der Waals surface area contributed by atoms with Crippen LogP contribution in [0.5, 0.6) is 0 Å². The lowest BCUT2D eigenvalue weighted by atomic mass is 10.0. The van der Waals surface area contributed by atoms with Gasteiger partial charge in [0, 0.05) is 6.54 Å². The zero-order chi connectivity index (χ0) is 19.7. The Balaban J connectivity index is 1.68. The maximum atomic E-state index is 14.7. The number of benzene rings is 2. The fourth-order valence-corrected chi connectivity index (χ4v) is 2.79. The van der Waals surface area contributed by atoms with Crippen molar-refractivity contribution >= 4 is 11.0 Å². The summed E-state index contributed by atoms with van der Waals surface area (Å²) in [5, 5.41) is 11.4. The summed E-state index contributed by atoms with van der Waals surface area (Å²) in [6.45, 7) is -0.158. The van der Waals surface area contributed by atoms with E-state index in [0.717, 1.165) is 14.8 Å². The summed E-state index contributed by atoms with van der Waals surface area (Å²) in [4.78, 5) is 12.4. The van der Waals surface area contributed by atoms with Crippen LogP contribution >= 0.6 is 0 Å². The first kappa shape index (κ1) is 17.7. The minimum atomic E-state index is -0.613. The molecule has 8 nitrogen and oxygen atoms in total. The largest absolute Gasteiger partial charge is 0.350 e. The van der Waals surface area contributed by atoms with Gasteiger partial charge in [-0.15, -0.1) is 0 Å². The number of hydrogen-bond acceptors (Lipinski definition) is 6. The second kappa shape index (κ2) is 7.16. The lowest BCUT2D eigenvalue weighted by Gasteiger charge is -2.06. The number of nitrogens with two attached hydrogens (primary N) is 1. The first-order chi connectivity index (χ1) is 13.6. The van der Waals surface area contributed by atoms with Crippen molar-refractivity contribution in [2.24, 2.45) is 5.73 Å². The number of fused-ring (bicyclic) bond motifs is 1. The molecule has 0 radical (unpaired) electrons. The van der Waals surface area contributed by atoms with Crippen LogP contribution in [0.15, 0.2) is 64.1 Å². The lowest BCUT2D eigenvalue weighted by Crippen LogP contribution is -2.26. The summed E-state index contributed by atoms with van der Waals surface area (Å²) < 4.78 is 34.1. The van der Waals surface area contributed by atoms with Gasteiger partial charge >= 0.3 is 5.69 Å². The molecule has 0 aliphatic heterocycles. The third kappa shape index (κ3) is 3.09. The summed E-state index contributed by atoms with van der Waals surface area (Å²) in [6, 6.07) is 9.66. The van der Waals surface area contributed by atoms with Gasteiger partial charge in [0.25, 0.3) is 0 Å². The number of halogens is 2. The topological polar surface area (TPSA) is 105 Å². The molecule has 142 valence electrons. The molecule has 10 heteroatoms. The molecule has 2 N–H and O–H groups in total. The number of aromatic nitrogens is 5. The molecule has 2 aromatic heterocycles. The van der Waals surface area contributed by atoms with Gasteiger partial charge in [0.1, 0.15) is 23.2 Å². The first-order valence-corrected chi connectivity index (χ1v) is 8.26. The number of rotatable bonds is 5. The Kier molecular flexibility index (Phi) is 4.53. The van der Waals surface area contributed by atoms with E-state index in [0.29, 0.717) is 22.9 Å². The van der Waals surface area contributed by atoms with Crippen LogP contribution in [0.1, 0.15) is 0 Å². The van der Waals surface area contributed by atoms with E-state index in [-0.39, 0.29) is 24.4 Å². The second-order valence-electron chi connectivity index (χ2n) is 6.05. The van der Waals surface area contributed by atoms with Crippen molar-refractivity contribution in [3.8, 4) is 16.8 Å². The summed E-state index contributed by atoms with van der Waals surface area (Å²) in [5.74, 6) is -0.613. The fraction of sp³-hybridized carbons (Fsp3) is 0.111. The van der Waals surface area contributed by atoms with Crippen molar-refractivity contribution in [1.82, 2.24) is 24.7 Å². The second-order valence-corrected chi connectivity index (χ2v) is 6.05. The zero-order valence-corrected chi connectivity index (χ0v) is 14.4. The van der Waals surface area contributed by atoms with Gasteiger partial charge in [0.2, 0.25) is 0 Å². The number of nitrogens with zero attached hydrogens (tertiary/aromatic N) is 5. The van der Waals surface area contributed by atoms with Gasteiger partial charge in [0.05, 0.1) is 18.6 Å². The molecule has 0 amide bonds. The van der Waals surface area contributed by atoms with Crippen molar-refractivity contribution < 1.29 is 13.4 Å². The van der Waals surface area contributed by atoms with E-state index in [2.05, 4.69) is 20.0 Å². The van der Waals surface area contributed by atoms with Crippen LogP contribution < -0.4 is 11.4 Å². The third-order valence-electron chi connectivity index (χ3n) is 4.30. The van der Waals surface area contributed by atoms with Crippen LogP contribution in [0.2, 0.25) is 0 Å². The van der Waals surface area contributed by atoms with E-state index in [4.69, 9.17) is 5.73 Å². The summed E-state index contributed by atoms with van der Waals surface area (Å²) >= 11 is 0. The fourth-order valence-electron chi connectivity index (χ4n) is 2.79. The average molecular weight is 384 g/mol. The summed E-state index contributed by atoms with van der Waals surface area (Å²) in [6.07, 6.45) is 1.52. The standard InChI is InChI=1S/C18H14F2N6O2/c19-7-11(8-21)9-26-18(27)25(10-22-26)17-4-2-12(5-14(17)20)13-1-3-15-16(6-13)24-28-23-15/h1-7,10H,8-9,21H2/b11-7+. The predicted molar refractivity (Wildman–Crippen MR) is 96.8 cm³/mol. The molecule has 0 spiro atoms. The van der Waals surface area contributed by atoms with Gasteiger partial charge in [-0.3, -0.25) is 0 Å². The average Bonchev–Trinajstić information content (AvgIpc) is 3.32. The highest BCUT2D eigenvalue weighted by Gasteiger charge is 2.13. The Morgan fingerprint density at radius 3 is 2.64 bits per heavy atom. The van der Waals surface area contributed by atoms with Gasteiger partial charge in [-0.2, -0.15) is 5.10 Å². The van der Waals surface area contributed by atoms with Crippen molar-refractivity contribution in [1.29, 1.82) is 0 Å². The molecule has 4 aromatic rings. The summed E-state index contributed by atoms with van der Waals surface area (Å²) in [7, 11) is 0. The lowest BCUT2D eigenvalue weighted by molar-refractivity contribution is 0.315. The Hall–Kier alpha value is -3.66. The maximum absolute atomic E-state index is 14.7. The quantitative estimate of drug-likeness (QED) is 0.566. The Labute approximate surface area is 156 Å². The van der Waals surface area contributed by atoms with Crippen molar-refractivity contribution in [2.45, 2.75) is 6.54 Å². The van der Waals surface area contributed by atoms with Gasteiger partial charge in [-0.05, 0) is 51.3 Å². The van der Waals surface area contributed by atoms with Crippen molar-refractivity contribution in [2.75, 3.05) is 6.54 Å². The third-order valence-corrected chi connectivity index (χ3v) is 4.30. The molecule has 2 heterocycles. The van der Waals surface area contributed by atoms with Gasteiger partial charge in [-0.1, -0.05) is 12.1 Å². The van der Waals surface area contributed by atoms with Crippen molar-refractivity contribution in [3.63, 3.8) is 0 Å². The molecule has 0 saturated carbocycles. The summed E-state index contributed by atoms with van der Waals surface area (Å²) in [5.41, 5.74) is 7.48.